The molecule has 4 heterocycles. The quantitative estimate of drug-likeness (QED) is 0.340. The summed E-state index contributed by atoms with van der Waals surface area (Å²) in [5, 5.41) is 15.2. The van der Waals surface area contributed by atoms with Gasteiger partial charge in [0.1, 0.15) is 11.4 Å². The number of carbonyl (C=O) groups is 2. The lowest BCUT2D eigenvalue weighted by Gasteiger charge is -2.10. The highest BCUT2D eigenvalue weighted by atomic mass is 16.5. The fourth-order valence-electron chi connectivity index (χ4n) is 3.45. The van der Waals surface area contributed by atoms with Gasteiger partial charge in [-0.15, -0.1) is 0 Å². The van der Waals surface area contributed by atoms with E-state index in [1.807, 2.05) is 67.6 Å². The lowest BCUT2D eigenvalue weighted by Crippen LogP contribution is -2.40. The second-order valence-corrected chi connectivity index (χ2v) is 7.53. The highest BCUT2D eigenvalue weighted by molar-refractivity contribution is 5.95. The van der Waals surface area contributed by atoms with E-state index in [-0.39, 0.29) is 5.91 Å². The molecule has 0 unspecified atom stereocenters. The van der Waals surface area contributed by atoms with Crippen LogP contribution < -0.4 is 19.9 Å². The zero-order chi connectivity index (χ0) is 24.0. The molecule has 0 spiro atoms. The van der Waals surface area contributed by atoms with Crippen LogP contribution in [0.3, 0.4) is 0 Å². The first kappa shape index (κ1) is 23.5. The lowest BCUT2D eigenvalue weighted by atomic mass is 10.1. The molecule has 4 aromatic rings. The molecule has 0 aliphatic rings. The van der Waals surface area contributed by atoms with E-state index in [1.165, 1.54) is 0 Å². The van der Waals surface area contributed by atoms with E-state index >= 15 is 0 Å². The molecule has 172 valence electrons. The molecular formula is C23H26N6O4. The third-order valence-corrected chi connectivity index (χ3v) is 5.11. The van der Waals surface area contributed by atoms with E-state index in [2.05, 4.69) is 20.4 Å². The van der Waals surface area contributed by atoms with Gasteiger partial charge in [-0.25, -0.2) is 9.55 Å². The smallest absolute Gasteiger partial charge is 0.251 e. The van der Waals surface area contributed by atoms with Crippen LogP contribution in [-0.2, 0) is 11.3 Å². The number of amides is 1. The van der Waals surface area contributed by atoms with E-state index in [4.69, 9.17) is 14.4 Å². The Morgan fingerprint density at radius 1 is 1.27 bits per heavy atom. The fraction of sp³-hybridized carbons (Fsp3) is 0.261. The lowest BCUT2D eigenvalue weighted by molar-refractivity contribution is -0.694. The Labute approximate surface area is 191 Å². The molecule has 0 atom stereocenters. The van der Waals surface area contributed by atoms with Gasteiger partial charge in [-0.2, -0.15) is 0 Å². The molecule has 10 nitrogen and oxygen atoms in total. The molecule has 33 heavy (non-hydrogen) atoms. The molecule has 10 heteroatoms. The number of carbonyl (C=O) groups excluding carboxylic acids is 2. The van der Waals surface area contributed by atoms with Gasteiger partial charge >= 0.3 is 0 Å². The van der Waals surface area contributed by atoms with Crippen molar-refractivity contribution in [3.05, 3.63) is 66.1 Å². The second kappa shape index (κ2) is 10.4. The van der Waals surface area contributed by atoms with Crippen LogP contribution in [0, 0.1) is 13.8 Å². The van der Waals surface area contributed by atoms with Gasteiger partial charge in [-0.1, -0.05) is 5.16 Å². The summed E-state index contributed by atoms with van der Waals surface area (Å²) in [7, 11) is 4.02. The summed E-state index contributed by atoms with van der Waals surface area (Å²) in [6, 6.07) is 7.68. The number of nitrogens with zero attached hydrogens (tertiary/aromatic N) is 5. The molecule has 1 amide bonds. The van der Waals surface area contributed by atoms with E-state index in [9.17, 15) is 4.79 Å². The van der Waals surface area contributed by atoms with Crippen LogP contribution in [-0.4, -0.2) is 47.6 Å². The minimum atomic E-state index is -0.500. The molecule has 0 aromatic carbocycles. The molecule has 0 radical (unpaired) electrons. The van der Waals surface area contributed by atoms with Gasteiger partial charge in [0.2, 0.25) is 0 Å². The maximum Gasteiger partial charge on any atom is 0.251 e. The number of aromatic nitrogens is 4. The Hall–Kier alpha value is -4.21. The Bertz CT molecular complexity index is 1220. The zero-order valence-corrected chi connectivity index (χ0v) is 19.0. The molecular weight excluding hydrogens is 424 g/mol. The van der Waals surface area contributed by atoms with Crippen molar-refractivity contribution in [1.82, 2.24) is 19.9 Å². The number of hydrogen-bond acceptors (Lipinski definition) is 7. The highest BCUT2D eigenvalue weighted by Gasteiger charge is 2.17. The third kappa shape index (κ3) is 5.35. The summed E-state index contributed by atoms with van der Waals surface area (Å²) in [5.41, 5.74) is 5.05. The number of nitrogens with one attached hydrogen (secondary N) is 1. The number of imidazole rings is 1. The molecule has 4 aromatic heterocycles. The highest BCUT2D eigenvalue weighted by Crippen LogP contribution is 2.27. The molecule has 0 saturated carbocycles. The van der Waals surface area contributed by atoms with Crippen LogP contribution in [0.25, 0.3) is 16.9 Å². The Morgan fingerprint density at radius 2 is 1.97 bits per heavy atom. The average Bonchev–Trinajstić information content (AvgIpc) is 3.36. The van der Waals surface area contributed by atoms with Gasteiger partial charge in [-0.05, 0) is 26.0 Å². The van der Waals surface area contributed by atoms with Gasteiger partial charge in [0.25, 0.3) is 5.91 Å². The minimum Gasteiger partial charge on any atom is -0.554 e. The van der Waals surface area contributed by atoms with Crippen molar-refractivity contribution in [2.24, 2.45) is 0 Å². The van der Waals surface area contributed by atoms with Crippen LogP contribution in [0.2, 0.25) is 0 Å². The summed E-state index contributed by atoms with van der Waals surface area (Å²) < 4.78 is 9.25. The first-order valence-corrected chi connectivity index (χ1v) is 10.3. The van der Waals surface area contributed by atoms with E-state index in [1.54, 1.807) is 18.3 Å². The van der Waals surface area contributed by atoms with Crippen LogP contribution in [0.1, 0.15) is 21.8 Å². The molecule has 1 N–H and O–H groups in total. The second-order valence-electron chi connectivity index (χ2n) is 7.53. The SMILES string of the molecule is Cc1noc(C)c1-c1cnc2cc(C(=O)NCC[n+]3ccc(N(C)C)cc3)ccn12.O=C[O-]. The Balaban J connectivity index is 0.000000968. The molecule has 4 rings (SSSR count). The maximum absolute atomic E-state index is 12.6. The van der Waals surface area contributed by atoms with Crippen molar-refractivity contribution >= 4 is 23.7 Å². The molecule has 0 fully saturated rings. The van der Waals surface area contributed by atoms with Gasteiger partial charge in [0.05, 0.1) is 29.7 Å². The number of fused-ring (bicyclic) bond motifs is 1. The van der Waals surface area contributed by atoms with E-state index in [0.29, 0.717) is 24.3 Å². The fourth-order valence-corrected chi connectivity index (χ4v) is 3.45. The number of carboxylic acid groups (broad SMARTS) is 1. The average molecular weight is 450 g/mol. The molecule has 0 aliphatic heterocycles. The van der Waals surface area contributed by atoms with Crippen LogP contribution in [0.15, 0.2) is 53.6 Å². The summed E-state index contributed by atoms with van der Waals surface area (Å²) in [6.07, 6.45) is 7.65. The van der Waals surface area contributed by atoms with Gasteiger partial charge in [0, 0.05) is 50.1 Å². The van der Waals surface area contributed by atoms with Crippen LogP contribution in [0.4, 0.5) is 5.69 Å². The van der Waals surface area contributed by atoms with Crippen LogP contribution >= 0.6 is 0 Å². The number of anilines is 1. The monoisotopic (exact) mass is 450 g/mol. The minimum absolute atomic E-state index is 0.120. The Morgan fingerprint density at radius 3 is 2.58 bits per heavy atom. The predicted octanol–water partition coefficient (Wildman–Crippen LogP) is 0.756. The van der Waals surface area contributed by atoms with Crippen molar-refractivity contribution < 1.29 is 23.8 Å². The topological polar surface area (TPSA) is 120 Å². The molecule has 0 saturated heterocycles. The van der Waals surface area contributed by atoms with Gasteiger partial charge < -0.3 is 24.6 Å². The summed E-state index contributed by atoms with van der Waals surface area (Å²) >= 11 is 0. The first-order valence-electron chi connectivity index (χ1n) is 10.3. The Kier molecular flexibility index (Phi) is 7.39. The molecule has 0 bridgehead atoms. The van der Waals surface area contributed by atoms with Crippen molar-refractivity contribution in [3.8, 4) is 11.3 Å². The summed E-state index contributed by atoms with van der Waals surface area (Å²) in [5.74, 6) is 0.622. The van der Waals surface area contributed by atoms with Crippen molar-refractivity contribution in [1.29, 1.82) is 0 Å². The van der Waals surface area contributed by atoms with E-state index in [0.717, 1.165) is 28.4 Å². The summed E-state index contributed by atoms with van der Waals surface area (Å²) in [4.78, 5) is 27.3. The number of aryl methyl sites for hydroxylation is 2. The number of hydrogen-bond donors (Lipinski definition) is 1. The largest absolute Gasteiger partial charge is 0.554 e. The first-order chi connectivity index (χ1) is 15.8. The predicted molar refractivity (Wildman–Crippen MR) is 120 cm³/mol. The van der Waals surface area contributed by atoms with Crippen molar-refractivity contribution in [2.45, 2.75) is 20.4 Å². The van der Waals surface area contributed by atoms with Crippen LogP contribution in [0.5, 0.6) is 0 Å². The van der Waals surface area contributed by atoms with Crippen molar-refractivity contribution in [3.63, 3.8) is 0 Å². The van der Waals surface area contributed by atoms with Gasteiger partial charge in [0.15, 0.2) is 18.9 Å². The van der Waals surface area contributed by atoms with Gasteiger partial charge in [-0.3, -0.25) is 9.20 Å². The summed E-state index contributed by atoms with van der Waals surface area (Å²) in [6.45, 7) is 4.51. The number of rotatable bonds is 6. The third-order valence-electron chi connectivity index (χ3n) is 5.11. The normalized spacial score (nSPS) is 10.4. The number of pyridine rings is 2. The molecule has 0 aliphatic carbocycles. The standard InChI is InChI=1S/C22H24N6O2.CH2O2/c1-15-21(16(2)30-25-15)19-14-24-20-13-17(5-11-28(19)20)22(29)23-8-12-27-9-6-18(7-10-27)26(3)4;2-1-3/h5-7,9-11,13-14H,8,12H2,1-4H3;1H,(H,2,3). The zero-order valence-electron chi connectivity index (χ0n) is 19.0. The maximum atomic E-state index is 12.6. The van der Waals surface area contributed by atoms with Crippen molar-refractivity contribution in [2.75, 3.05) is 25.5 Å². The van der Waals surface area contributed by atoms with E-state index < -0.39 is 6.47 Å².